The van der Waals surface area contributed by atoms with Gasteiger partial charge in [-0.15, -0.1) is 13.2 Å². The number of benzene rings is 2. The predicted molar refractivity (Wildman–Crippen MR) is 144 cm³/mol. The van der Waals surface area contributed by atoms with Crippen molar-refractivity contribution in [2.24, 2.45) is 5.10 Å². The van der Waals surface area contributed by atoms with E-state index in [1.165, 1.54) is 17.3 Å². The van der Waals surface area contributed by atoms with Gasteiger partial charge in [-0.25, -0.2) is 14.4 Å². The van der Waals surface area contributed by atoms with E-state index in [1.807, 2.05) is 7.05 Å². The van der Waals surface area contributed by atoms with E-state index < -0.39 is 18.8 Å². The lowest BCUT2D eigenvalue weighted by molar-refractivity contribution is -0.274. The third-order valence-corrected chi connectivity index (χ3v) is 6.23. The molecule has 2 heterocycles. The fourth-order valence-electron chi connectivity index (χ4n) is 4.38. The Bertz CT molecular complexity index is 1340. The molecule has 2 aromatic carbocycles. The molecule has 0 atom stereocenters. The molecule has 208 valence electrons. The summed E-state index contributed by atoms with van der Waals surface area (Å²) in [5.74, 6) is -0.584. The van der Waals surface area contributed by atoms with Crippen LogP contribution in [0.3, 0.4) is 0 Å². The SMILES string of the molecule is C=NN(CCF)c1c(CC(=C)O)ccc2cnc(Nc3cc(N4CCN(C)CC4)ccc3OC(F)(F)F)nc12. The zero-order chi connectivity index (χ0) is 28.2. The van der Waals surface area contributed by atoms with Crippen LogP contribution in [0.25, 0.3) is 10.9 Å². The van der Waals surface area contributed by atoms with Crippen LogP contribution in [0.4, 0.5) is 40.6 Å². The number of hydrogen-bond acceptors (Lipinski definition) is 9. The number of fused-ring (bicyclic) bond motifs is 1. The molecule has 0 saturated carbocycles. The molecule has 39 heavy (non-hydrogen) atoms. The zero-order valence-corrected chi connectivity index (χ0v) is 21.4. The quantitative estimate of drug-likeness (QED) is 0.158. The van der Waals surface area contributed by atoms with Crippen molar-refractivity contribution >= 4 is 40.6 Å². The van der Waals surface area contributed by atoms with Gasteiger partial charge in [-0.05, 0) is 30.8 Å². The number of hydrazone groups is 1. The summed E-state index contributed by atoms with van der Waals surface area (Å²) in [4.78, 5) is 13.0. The van der Waals surface area contributed by atoms with Gasteiger partial charge in [-0.1, -0.05) is 18.7 Å². The Kier molecular flexibility index (Phi) is 8.38. The maximum Gasteiger partial charge on any atom is 0.573 e. The fourth-order valence-corrected chi connectivity index (χ4v) is 4.38. The van der Waals surface area contributed by atoms with Gasteiger partial charge in [0.1, 0.15) is 12.2 Å². The topological polar surface area (TPSA) is 89.4 Å². The molecule has 0 amide bonds. The molecule has 0 spiro atoms. The number of nitrogens with zero attached hydrogens (tertiary/aromatic N) is 6. The summed E-state index contributed by atoms with van der Waals surface area (Å²) < 4.78 is 57.2. The minimum absolute atomic E-state index is 0.0180. The summed E-state index contributed by atoms with van der Waals surface area (Å²) in [6, 6.07) is 7.82. The Hall–Kier alpha value is -4.13. The monoisotopic (exact) mass is 547 g/mol. The first-order valence-corrected chi connectivity index (χ1v) is 12.1. The summed E-state index contributed by atoms with van der Waals surface area (Å²) in [5, 5.41) is 18.5. The minimum atomic E-state index is -4.91. The summed E-state index contributed by atoms with van der Waals surface area (Å²) in [6.45, 7) is 9.23. The standard InChI is InChI=1S/C26H29F4N7O2/c1-17(38)14-18-4-5-19-16-32-25(34-23(19)24(18)37(31-2)9-8-27)33-21-15-20(36-12-10-35(3)11-13-36)6-7-22(21)39-26(28,29)30/h4-7,15-16,38H,1-2,8-14H2,3H3,(H,32,33,34). The average Bonchev–Trinajstić information content (AvgIpc) is 2.88. The van der Waals surface area contributed by atoms with Crippen molar-refractivity contribution in [2.75, 3.05) is 61.7 Å². The van der Waals surface area contributed by atoms with Crippen molar-refractivity contribution in [1.82, 2.24) is 14.9 Å². The molecule has 1 aliphatic heterocycles. The lowest BCUT2D eigenvalue weighted by Gasteiger charge is -2.34. The van der Waals surface area contributed by atoms with E-state index in [9.17, 15) is 22.7 Å². The molecule has 0 bridgehead atoms. The smallest absolute Gasteiger partial charge is 0.513 e. The number of likely N-dealkylation sites (N-methyl/N-ethyl adjacent to an activating group) is 1. The summed E-state index contributed by atoms with van der Waals surface area (Å²) in [6.07, 6.45) is -3.38. The van der Waals surface area contributed by atoms with Gasteiger partial charge in [0, 0.05) is 56.6 Å². The predicted octanol–water partition coefficient (Wildman–Crippen LogP) is 5.03. The van der Waals surface area contributed by atoms with Gasteiger partial charge in [0.25, 0.3) is 0 Å². The molecule has 1 aliphatic rings. The second kappa shape index (κ2) is 11.7. The third kappa shape index (κ3) is 6.85. The first kappa shape index (κ1) is 27.9. The number of rotatable bonds is 10. The largest absolute Gasteiger partial charge is 0.573 e. The van der Waals surface area contributed by atoms with Crippen LogP contribution in [0.2, 0.25) is 0 Å². The molecule has 3 aromatic rings. The molecule has 1 saturated heterocycles. The van der Waals surface area contributed by atoms with Crippen molar-refractivity contribution in [3.05, 3.63) is 54.4 Å². The third-order valence-electron chi connectivity index (χ3n) is 6.23. The number of alkyl halides is 4. The number of hydrogen-bond donors (Lipinski definition) is 2. The van der Waals surface area contributed by atoms with Gasteiger partial charge >= 0.3 is 6.36 Å². The van der Waals surface area contributed by atoms with Gasteiger partial charge in [0.2, 0.25) is 5.95 Å². The fraction of sp³-hybridized carbons (Fsp3) is 0.346. The van der Waals surface area contributed by atoms with Gasteiger partial charge in [-0.3, -0.25) is 5.01 Å². The number of nitrogens with one attached hydrogen (secondary N) is 1. The maximum absolute atomic E-state index is 13.3. The highest BCUT2D eigenvalue weighted by molar-refractivity contribution is 5.93. The second-order valence-electron chi connectivity index (χ2n) is 9.04. The number of aliphatic hydroxyl groups is 1. The van der Waals surface area contributed by atoms with E-state index in [-0.39, 0.29) is 30.4 Å². The van der Waals surface area contributed by atoms with Gasteiger partial charge < -0.3 is 25.0 Å². The second-order valence-corrected chi connectivity index (χ2v) is 9.04. The van der Waals surface area contributed by atoms with E-state index in [0.29, 0.717) is 35.2 Å². The normalized spacial score (nSPS) is 14.3. The number of piperazine rings is 1. The van der Waals surface area contributed by atoms with Crippen LogP contribution in [-0.4, -0.2) is 79.5 Å². The van der Waals surface area contributed by atoms with Crippen LogP contribution in [0.15, 0.2) is 54.0 Å². The van der Waals surface area contributed by atoms with Crippen LogP contribution in [-0.2, 0) is 6.42 Å². The molecule has 1 aromatic heterocycles. The van der Waals surface area contributed by atoms with Crippen molar-refractivity contribution in [1.29, 1.82) is 0 Å². The van der Waals surface area contributed by atoms with Crippen molar-refractivity contribution in [3.8, 4) is 5.75 Å². The lowest BCUT2D eigenvalue weighted by atomic mass is 10.0. The Labute approximate surface area is 223 Å². The molecular weight excluding hydrogens is 518 g/mol. The molecular formula is C26H29F4N7O2. The van der Waals surface area contributed by atoms with Crippen LogP contribution in [0.1, 0.15) is 5.56 Å². The van der Waals surface area contributed by atoms with Crippen molar-refractivity contribution in [2.45, 2.75) is 12.8 Å². The van der Waals surface area contributed by atoms with Crippen LogP contribution < -0.4 is 20.0 Å². The molecule has 2 N–H and O–H groups in total. The summed E-state index contributed by atoms with van der Waals surface area (Å²) >= 11 is 0. The van der Waals surface area contributed by atoms with Gasteiger partial charge in [0.15, 0.2) is 5.75 Å². The van der Waals surface area contributed by atoms with Gasteiger partial charge in [0.05, 0.1) is 23.7 Å². The molecule has 13 heteroatoms. The number of aromatic nitrogens is 2. The molecule has 0 radical (unpaired) electrons. The van der Waals surface area contributed by atoms with Crippen molar-refractivity contribution in [3.63, 3.8) is 0 Å². The van der Waals surface area contributed by atoms with E-state index >= 15 is 0 Å². The van der Waals surface area contributed by atoms with E-state index in [2.05, 4.69) is 48.2 Å². The Morgan fingerprint density at radius 3 is 2.59 bits per heavy atom. The van der Waals surface area contributed by atoms with Crippen LogP contribution in [0, 0.1) is 0 Å². The molecule has 0 unspecified atom stereocenters. The number of halogens is 4. The van der Waals surface area contributed by atoms with Crippen molar-refractivity contribution < 1.29 is 27.4 Å². The first-order valence-electron chi connectivity index (χ1n) is 12.1. The van der Waals surface area contributed by atoms with Crippen LogP contribution in [0.5, 0.6) is 5.75 Å². The number of anilines is 4. The molecule has 4 rings (SSSR count). The van der Waals surface area contributed by atoms with Crippen LogP contribution >= 0.6 is 0 Å². The Morgan fingerprint density at radius 1 is 1.21 bits per heavy atom. The Balaban J connectivity index is 1.78. The highest BCUT2D eigenvalue weighted by Gasteiger charge is 2.32. The summed E-state index contributed by atoms with van der Waals surface area (Å²) in [7, 11) is 2.01. The van der Waals surface area contributed by atoms with E-state index in [1.54, 1.807) is 24.3 Å². The van der Waals surface area contributed by atoms with E-state index in [4.69, 9.17) is 0 Å². The lowest BCUT2D eigenvalue weighted by Crippen LogP contribution is -2.44. The number of ether oxygens (including phenoxy) is 1. The van der Waals surface area contributed by atoms with Gasteiger partial charge in [-0.2, -0.15) is 5.10 Å². The molecule has 0 aliphatic carbocycles. The molecule has 9 nitrogen and oxygen atoms in total. The zero-order valence-electron chi connectivity index (χ0n) is 21.4. The highest BCUT2D eigenvalue weighted by Crippen LogP contribution is 2.37. The molecule has 1 fully saturated rings. The Morgan fingerprint density at radius 2 is 1.95 bits per heavy atom. The average molecular weight is 548 g/mol. The summed E-state index contributed by atoms with van der Waals surface area (Å²) in [5.41, 5.74) is 2.00. The minimum Gasteiger partial charge on any atom is -0.513 e. The maximum atomic E-state index is 13.3. The number of aliphatic hydroxyl groups excluding tert-OH is 1. The highest BCUT2D eigenvalue weighted by atomic mass is 19.4. The first-order chi connectivity index (χ1) is 18.6. The van der Waals surface area contributed by atoms with E-state index in [0.717, 1.165) is 18.8 Å². The number of allylic oxidation sites excluding steroid dienone is 1.